The van der Waals surface area contributed by atoms with E-state index in [1.54, 1.807) is 14.2 Å². The lowest BCUT2D eigenvalue weighted by Gasteiger charge is -2.17. The molecule has 0 aliphatic rings. The molecular formula is C15H24O4. The van der Waals surface area contributed by atoms with Crippen molar-refractivity contribution < 1.29 is 18.9 Å². The molecule has 0 N–H and O–H groups in total. The predicted octanol–water partition coefficient (Wildman–Crippen LogP) is 3.24. The first-order chi connectivity index (χ1) is 9.08. The van der Waals surface area contributed by atoms with Crippen LogP contribution in [0.1, 0.15) is 26.3 Å². The number of benzene rings is 1. The second kappa shape index (κ2) is 8.02. The van der Waals surface area contributed by atoms with Crippen molar-refractivity contribution in [2.75, 3.05) is 20.8 Å². The van der Waals surface area contributed by atoms with Crippen molar-refractivity contribution in [3.05, 3.63) is 23.8 Å². The highest BCUT2D eigenvalue weighted by atomic mass is 16.7. The zero-order valence-electron chi connectivity index (χ0n) is 12.4. The van der Waals surface area contributed by atoms with Crippen LogP contribution in [-0.4, -0.2) is 27.1 Å². The third-order valence-electron chi connectivity index (χ3n) is 2.62. The van der Waals surface area contributed by atoms with Crippen molar-refractivity contribution in [1.82, 2.24) is 0 Å². The van der Waals surface area contributed by atoms with E-state index in [0.29, 0.717) is 30.6 Å². The van der Waals surface area contributed by atoms with Gasteiger partial charge in [0.15, 0.2) is 17.8 Å². The van der Waals surface area contributed by atoms with Crippen LogP contribution in [0.5, 0.6) is 11.5 Å². The first-order valence-electron chi connectivity index (χ1n) is 6.51. The molecule has 108 valence electrons. The third-order valence-corrected chi connectivity index (χ3v) is 2.62. The van der Waals surface area contributed by atoms with Gasteiger partial charge in [0.25, 0.3) is 0 Å². The van der Waals surface area contributed by atoms with Gasteiger partial charge in [-0.2, -0.15) is 0 Å². The summed E-state index contributed by atoms with van der Waals surface area (Å²) in [6.07, 6.45) is -0.238. The molecule has 0 bridgehead atoms. The summed E-state index contributed by atoms with van der Waals surface area (Å²) in [4.78, 5) is 0. The summed E-state index contributed by atoms with van der Waals surface area (Å²) >= 11 is 0. The smallest absolute Gasteiger partial charge is 0.166 e. The zero-order chi connectivity index (χ0) is 14.3. The Balaban J connectivity index is 2.57. The van der Waals surface area contributed by atoms with Crippen molar-refractivity contribution in [1.29, 1.82) is 0 Å². The molecule has 0 saturated carbocycles. The molecule has 4 heteroatoms. The van der Waals surface area contributed by atoms with Crippen molar-refractivity contribution in [3.63, 3.8) is 0 Å². The number of para-hydroxylation sites is 1. The molecular weight excluding hydrogens is 244 g/mol. The molecule has 0 aliphatic carbocycles. The summed E-state index contributed by atoms with van der Waals surface area (Å²) in [5, 5.41) is 0. The molecule has 0 spiro atoms. The minimum Gasteiger partial charge on any atom is -0.493 e. The Kier molecular flexibility index (Phi) is 6.67. The van der Waals surface area contributed by atoms with Crippen LogP contribution in [0.2, 0.25) is 0 Å². The highest BCUT2D eigenvalue weighted by Crippen LogP contribution is 2.31. The van der Waals surface area contributed by atoms with Gasteiger partial charge in [0.1, 0.15) is 0 Å². The number of ether oxygens (including phenoxy) is 4. The van der Waals surface area contributed by atoms with Crippen LogP contribution in [0.15, 0.2) is 18.2 Å². The molecule has 0 amide bonds. The normalized spacial score (nSPS) is 12.5. The van der Waals surface area contributed by atoms with E-state index in [1.165, 1.54) is 0 Å². The quantitative estimate of drug-likeness (QED) is 0.678. The Morgan fingerprint density at radius 2 is 1.74 bits per heavy atom. The summed E-state index contributed by atoms with van der Waals surface area (Å²) in [6, 6.07) is 5.73. The van der Waals surface area contributed by atoms with Gasteiger partial charge in [-0.15, -0.1) is 0 Å². The SMILES string of the molecule is COc1cccc(COC(C)OCC(C)C)c1OC. The Morgan fingerprint density at radius 3 is 2.32 bits per heavy atom. The Hall–Kier alpha value is -1.26. The van der Waals surface area contributed by atoms with Gasteiger partial charge in [-0.3, -0.25) is 0 Å². The van der Waals surface area contributed by atoms with Crippen LogP contribution >= 0.6 is 0 Å². The number of rotatable bonds is 8. The minimum atomic E-state index is -0.238. The van der Waals surface area contributed by atoms with Crippen LogP contribution in [0.4, 0.5) is 0 Å². The van der Waals surface area contributed by atoms with Gasteiger partial charge < -0.3 is 18.9 Å². The van der Waals surface area contributed by atoms with Gasteiger partial charge in [0.2, 0.25) is 0 Å². The lowest BCUT2D eigenvalue weighted by Crippen LogP contribution is -2.16. The molecule has 1 rings (SSSR count). The van der Waals surface area contributed by atoms with Gasteiger partial charge in [0.05, 0.1) is 27.4 Å². The second-order valence-electron chi connectivity index (χ2n) is 4.76. The van der Waals surface area contributed by atoms with Crippen LogP contribution in [0, 0.1) is 5.92 Å². The van der Waals surface area contributed by atoms with Crippen LogP contribution < -0.4 is 9.47 Å². The summed E-state index contributed by atoms with van der Waals surface area (Å²) < 4.78 is 21.8. The van der Waals surface area contributed by atoms with E-state index in [0.717, 1.165) is 5.56 Å². The van der Waals surface area contributed by atoms with E-state index in [9.17, 15) is 0 Å². The molecule has 0 aromatic heterocycles. The lowest BCUT2D eigenvalue weighted by atomic mass is 10.2. The fourth-order valence-electron chi connectivity index (χ4n) is 1.65. The van der Waals surface area contributed by atoms with E-state index in [4.69, 9.17) is 18.9 Å². The molecule has 0 aliphatic heterocycles. The maximum atomic E-state index is 5.66. The van der Waals surface area contributed by atoms with Crippen LogP contribution in [0.25, 0.3) is 0 Å². The van der Waals surface area contributed by atoms with Gasteiger partial charge >= 0.3 is 0 Å². The fraction of sp³-hybridized carbons (Fsp3) is 0.600. The van der Waals surface area contributed by atoms with Crippen molar-refractivity contribution in [3.8, 4) is 11.5 Å². The average Bonchev–Trinajstić information content (AvgIpc) is 2.42. The molecule has 0 fully saturated rings. The number of hydrogen-bond acceptors (Lipinski definition) is 4. The van der Waals surface area contributed by atoms with Crippen LogP contribution in [-0.2, 0) is 16.1 Å². The van der Waals surface area contributed by atoms with Crippen molar-refractivity contribution in [2.24, 2.45) is 5.92 Å². The highest BCUT2D eigenvalue weighted by molar-refractivity contribution is 5.46. The molecule has 0 radical (unpaired) electrons. The fourth-order valence-corrected chi connectivity index (χ4v) is 1.65. The molecule has 0 saturated heterocycles. The average molecular weight is 268 g/mol. The topological polar surface area (TPSA) is 36.9 Å². The highest BCUT2D eigenvalue weighted by Gasteiger charge is 2.11. The number of methoxy groups -OCH3 is 2. The molecule has 19 heavy (non-hydrogen) atoms. The Labute approximate surface area is 115 Å². The summed E-state index contributed by atoms with van der Waals surface area (Å²) in [6.45, 7) is 7.24. The molecule has 1 atom stereocenters. The standard InChI is InChI=1S/C15H24O4/c1-11(2)9-18-12(3)19-10-13-7-6-8-14(16-4)15(13)17-5/h6-8,11-12H,9-10H2,1-5H3. The maximum Gasteiger partial charge on any atom is 0.166 e. The number of hydrogen-bond donors (Lipinski definition) is 0. The lowest BCUT2D eigenvalue weighted by molar-refractivity contribution is -0.143. The summed E-state index contributed by atoms with van der Waals surface area (Å²) in [7, 11) is 3.25. The Bertz CT molecular complexity index is 376. The minimum absolute atomic E-state index is 0.238. The van der Waals surface area contributed by atoms with E-state index >= 15 is 0 Å². The van der Waals surface area contributed by atoms with Crippen LogP contribution in [0.3, 0.4) is 0 Å². The first kappa shape index (κ1) is 15.8. The Morgan fingerprint density at radius 1 is 1.00 bits per heavy atom. The van der Waals surface area contributed by atoms with Gasteiger partial charge in [-0.25, -0.2) is 0 Å². The van der Waals surface area contributed by atoms with E-state index < -0.39 is 0 Å². The molecule has 4 nitrogen and oxygen atoms in total. The summed E-state index contributed by atoms with van der Waals surface area (Å²) in [5.74, 6) is 1.91. The van der Waals surface area contributed by atoms with Crippen molar-refractivity contribution >= 4 is 0 Å². The zero-order valence-corrected chi connectivity index (χ0v) is 12.4. The summed E-state index contributed by atoms with van der Waals surface area (Å²) in [5.41, 5.74) is 0.946. The molecule has 0 heterocycles. The molecule has 1 aromatic carbocycles. The van der Waals surface area contributed by atoms with E-state index in [1.807, 2.05) is 25.1 Å². The maximum absolute atomic E-state index is 5.66. The van der Waals surface area contributed by atoms with Gasteiger partial charge in [-0.05, 0) is 18.9 Å². The molecule has 1 unspecified atom stereocenters. The van der Waals surface area contributed by atoms with Gasteiger partial charge in [-0.1, -0.05) is 26.0 Å². The van der Waals surface area contributed by atoms with E-state index in [-0.39, 0.29) is 6.29 Å². The molecule has 1 aromatic rings. The van der Waals surface area contributed by atoms with E-state index in [2.05, 4.69) is 13.8 Å². The monoisotopic (exact) mass is 268 g/mol. The van der Waals surface area contributed by atoms with Gasteiger partial charge in [0, 0.05) is 5.56 Å². The largest absolute Gasteiger partial charge is 0.493 e. The first-order valence-corrected chi connectivity index (χ1v) is 6.51. The van der Waals surface area contributed by atoms with Crippen molar-refractivity contribution in [2.45, 2.75) is 33.7 Å². The third kappa shape index (κ3) is 5.09. The predicted molar refractivity (Wildman–Crippen MR) is 74.6 cm³/mol. The second-order valence-corrected chi connectivity index (χ2v) is 4.76.